The standard InChI is InChI=1S/C15H30N2O/c1-5-12(4)13(16)14(18)17-10-8-15(6-2,7-3)9-11-17/h12-13H,5-11,16H2,1-4H3/t12-,13-/m0/s1. The molecule has 106 valence electrons. The molecule has 0 aromatic carbocycles. The molecule has 0 aliphatic carbocycles. The number of nitrogens with two attached hydrogens (primary N) is 1. The van der Waals surface area contributed by atoms with Crippen LogP contribution in [0.1, 0.15) is 59.8 Å². The van der Waals surface area contributed by atoms with Crippen LogP contribution in [0, 0.1) is 11.3 Å². The van der Waals surface area contributed by atoms with Crippen molar-refractivity contribution in [2.24, 2.45) is 17.1 Å². The maximum absolute atomic E-state index is 12.3. The smallest absolute Gasteiger partial charge is 0.239 e. The van der Waals surface area contributed by atoms with Crippen LogP contribution in [0.5, 0.6) is 0 Å². The Labute approximate surface area is 112 Å². The van der Waals surface area contributed by atoms with E-state index in [9.17, 15) is 4.79 Å². The summed E-state index contributed by atoms with van der Waals surface area (Å²) in [4.78, 5) is 14.3. The SMILES string of the molecule is CC[C@H](C)[C@H](N)C(=O)N1CCC(CC)(CC)CC1. The summed E-state index contributed by atoms with van der Waals surface area (Å²) < 4.78 is 0. The van der Waals surface area contributed by atoms with Gasteiger partial charge in [-0.1, -0.05) is 47.0 Å². The molecule has 1 rings (SSSR count). The maximum atomic E-state index is 12.3. The Morgan fingerprint density at radius 1 is 1.22 bits per heavy atom. The molecule has 3 heteroatoms. The minimum atomic E-state index is -0.314. The van der Waals surface area contributed by atoms with E-state index in [4.69, 9.17) is 5.73 Å². The van der Waals surface area contributed by atoms with Crippen molar-refractivity contribution in [1.82, 2.24) is 4.90 Å². The number of hydrogen-bond acceptors (Lipinski definition) is 2. The molecule has 1 saturated heterocycles. The van der Waals surface area contributed by atoms with E-state index >= 15 is 0 Å². The molecular weight excluding hydrogens is 224 g/mol. The summed E-state index contributed by atoms with van der Waals surface area (Å²) in [5.74, 6) is 0.437. The van der Waals surface area contributed by atoms with E-state index in [-0.39, 0.29) is 17.9 Å². The Kier molecular flexibility index (Phi) is 5.64. The van der Waals surface area contributed by atoms with E-state index < -0.39 is 0 Å². The first kappa shape index (κ1) is 15.5. The summed E-state index contributed by atoms with van der Waals surface area (Å²) in [5, 5.41) is 0. The van der Waals surface area contributed by atoms with Crippen molar-refractivity contribution in [3.05, 3.63) is 0 Å². The number of nitrogens with zero attached hydrogens (tertiary/aromatic N) is 1. The van der Waals surface area contributed by atoms with Crippen LogP contribution in [0.2, 0.25) is 0 Å². The normalized spacial score (nSPS) is 22.6. The quantitative estimate of drug-likeness (QED) is 0.820. The fourth-order valence-corrected chi connectivity index (χ4v) is 2.87. The molecule has 1 aliphatic heterocycles. The molecule has 0 unspecified atom stereocenters. The van der Waals surface area contributed by atoms with Gasteiger partial charge in [0.25, 0.3) is 0 Å². The third-order valence-electron chi connectivity index (χ3n) is 5.18. The maximum Gasteiger partial charge on any atom is 0.239 e. The van der Waals surface area contributed by atoms with Crippen molar-refractivity contribution in [1.29, 1.82) is 0 Å². The third kappa shape index (κ3) is 3.25. The Morgan fingerprint density at radius 3 is 2.11 bits per heavy atom. The van der Waals surface area contributed by atoms with Gasteiger partial charge >= 0.3 is 0 Å². The molecule has 3 nitrogen and oxygen atoms in total. The van der Waals surface area contributed by atoms with Gasteiger partial charge in [-0.2, -0.15) is 0 Å². The number of piperidine rings is 1. The minimum Gasteiger partial charge on any atom is -0.341 e. The molecule has 1 fully saturated rings. The van der Waals surface area contributed by atoms with Gasteiger partial charge in [-0.15, -0.1) is 0 Å². The van der Waals surface area contributed by atoms with Crippen LogP contribution in [0.25, 0.3) is 0 Å². The zero-order valence-electron chi connectivity index (χ0n) is 12.5. The van der Waals surface area contributed by atoms with Crippen LogP contribution in [0.3, 0.4) is 0 Å². The number of amides is 1. The van der Waals surface area contributed by atoms with Gasteiger partial charge in [-0.25, -0.2) is 0 Å². The summed E-state index contributed by atoms with van der Waals surface area (Å²) in [5.41, 5.74) is 6.51. The molecule has 2 N–H and O–H groups in total. The van der Waals surface area contributed by atoms with E-state index in [0.717, 1.165) is 32.4 Å². The Morgan fingerprint density at radius 2 is 1.72 bits per heavy atom. The largest absolute Gasteiger partial charge is 0.341 e. The van der Waals surface area contributed by atoms with E-state index in [1.807, 2.05) is 4.90 Å². The van der Waals surface area contributed by atoms with Gasteiger partial charge in [0, 0.05) is 13.1 Å². The molecule has 1 aliphatic rings. The summed E-state index contributed by atoms with van der Waals surface area (Å²) >= 11 is 0. The topological polar surface area (TPSA) is 46.3 Å². The second kappa shape index (κ2) is 6.55. The zero-order valence-corrected chi connectivity index (χ0v) is 12.5. The molecule has 18 heavy (non-hydrogen) atoms. The molecule has 0 radical (unpaired) electrons. The van der Waals surface area contributed by atoms with Crippen molar-refractivity contribution in [2.45, 2.75) is 65.8 Å². The average molecular weight is 254 g/mol. The fourth-order valence-electron chi connectivity index (χ4n) is 2.87. The highest BCUT2D eigenvalue weighted by atomic mass is 16.2. The van der Waals surface area contributed by atoms with Crippen LogP contribution in [0.15, 0.2) is 0 Å². The Balaban J connectivity index is 2.55. The summed E-state index contributed by atoms with van der Waals surface area (Å²) in [6.45, 7) is 10.5. The highest BCUT2D eigenvalue weighted by Gasteiger charge is 2.34. The molecule has 1 amide bonds. The van der Waals surface area contributed by atoms with Gasteiger partial charge in [0.05, 0.1) is 6.04 Å². The molecule has 0 aromatic heterocycles. The predicted octanol–water partition coefficient (Wildman–Crippen LogP) is 2.79. The number of carbonyl (C=O) groups excluding carboxylic acids is 1. The van der Waals surface area contributed by atoms with Crippen molar-refractivity contribution >= 4 is 5.91 Å². The first-order valence-corrected chi connectivity index (χ1v) is 7.54. The van der Waals surface area contributed by atoms with Crippen LogP contribution in [-0.2, 0) is 4.79 Å². The molecule has 1 heterocycles. The second-order valence-electron chi connectivity index (χ2n) is 5.94. The van der Waals surface area contributed by atoms with E-state index in [1.54, 1.807) is 0 Å². The number of hydrogen-bond donors (Lipinski definition) is 1. The highest BCUT2D eigenvalue weighted by Crippen LogP contribution is 2.38. The summed E-state index contributed by atoms with van der Waals surface area (Å²) in [7, 11) is 0. The minimum absolute atomic E-state index is 0.158. The molecule has 2 atom stereocenters. The second-order valence-corrected chi connectivity index (χ2v) is 5.94. The van der Waals surface area contributed by atoms with Crippen LogP contribution in [-0.4, -0.2) is 29.9 Å². The average Bonchev–Trinajstić information content (AvgIpc) is 2.44. The Hall–Kier alpha value is -0.570. The van der Waals surface area contributed by atoms with Gasteiger partial charge in [0.15, 0.2) is 0 Å². The van der Waals surface area contributed by atoms with E-state index in [1.165, 1.54) is 12.8 Å². The number of rotatable bonds is 5. The highest BCUT2D eigenvalue weighted by molar-refractivity contribution is 5.82. The van der Waals surface area contributed by atoms with Gasteiger partial charge in [0.1, 0.15) is 0 Å². The van der Waals surface area contributed by atoms with Crippen molar-refractivity contribution in [2.75, 3.05) is 13.1 Å². The monoisotopic (exact) mass is 254 g/mol. The van der Waals surface area contributed by atoms with Gasteiger partial charge in [0.2, 0.25) is 5.91 Å². The molecular formula is C15H30N2O. The lowest BCUT2D eigenvalue weighted by atomic mass is 9.74. The van der Waals surface area contributed by atoms with E-state index in [0.29, 0.717) is 5.41 Å². The Bertz CT molecular complexity index is 264. The predicted molar refractivity (Wildman–Crippen MR) is 76.3 cm³/mol. The lowest BCUT2D eigenvalue weighted by Gasteiger charge is -2.42. The summed E-state index contributed by atoms with van der Waals surface area (Å²) in [6, 6.07) is -0.314. The first-order valence-electron chi connectivity index (χ1n) is 7.54. The zero-order chi connectivity index (χ0) is 13.8. The van der Waals surface area contributed by atoms with Crippen molar-refractivity contribution in [3.8, 4) is 0 Å². The third-order valence-corrected chi connectivity index (χ3v) is 5.18. The van der Waals surface area contributed by atoms with Crippen LogP contribution in [0.4, 0.5) is 0 Å². The van der Waals surface area contributed by atoms with Crippen LogP contribution < -0.4 is 5.73 Å². The van der Waals surface area contributed by atoms with Crippen molar-refractivity contribution < 1.29 is 4.79 Å². The molecule has 0 saturated carbocycles. The van der Waals surface area contributed by atoms with Gasteiger partial charge in [-0.05, 0) is 24.2 Å². The van der Waals surface area contributed by atoms with Crippen molar-refractivity contribution in [3.63, 3.8) is 0 Å². The van der Waals surface area contributed by atoms with Gasteiger partial charge < -0.3 is 10.6 Å². The number of carbonyl (C=O) groups is 1. The molecule has 0 spiro atoms. The van der Waals surface area contributed by atoms with Crippen LogP contribution >= 0.6 is 0 Å². The van der Waals surface area contributed by atoms with Gasteiger partial charge in [-0.3, -0.25) is 4.79 Å². The number of likely N-dealkylation sites (tertiary alicyclic amines) is 1. The first-order chi connectivity index (χ1) is 8.49. The lowest BCUT2D eigenvalue weighted by Crippen LogP contribution is -2.51. The lowest BCUT2D eigenvalue weighted by molar-refractivity contribution is -0.136. The fraction of sp³-hybridized carbons (Fsp3) is 0.933. The summed E-state index contributed by atoms with van der Waals surface area (Å²) in [6.07, 6.45) is 5.69. The van der Waals surface area contributed by atoms with E-state index in [2.05, 4.69) is 27.7 Å². The molecule has 0 aromatic rings. The molecule has 0 bridgehead atoms.